The number of hydrogen-bond acceptors (Lipinski definition) is 3. The van der Waals surface area contributed by atoms with E-state index >= 15 is 0 Å². The van der Waals surface area contributed by atoms with E-state index < -0.39 is 0 Å². The quantitative estimate of drug-likeness (QED) is 0.601. The number of urea groups is 1. The van der Waals surface area contributed by atoms with Gasteiger partial charge in [-0.2, -0.15) is 11.8 Å². The highest BCUT2D eigenvalue weighted by Gasteiger charge is 2.45. The fourth-order valence-corrected chi connectivity index (χ4v) is 4.26. The van der Waals surface area contributed by atoms with Gasteiger partial charge in [-0.1, -0.05) is 6.42 Å². The number of carbonyl (C=O) groups excluding carboxylic acids is 2. The van der Waals surface area contributed by atoms with E-state index in [-0.39, 0.29) is 11.8 Å². The van der Waals surface area contributed by atoms with Crippen LogP contribution < -0.4 is 5.32 Å². The number of rotatable bonds is 5. The van der Waals surface area contributed by atoms with E-state index in [1.807, 2.05) is 23.7 Å². The summed E-state index contributed by atoms with van der Waals surface area (Å²) in [6, 6.07) is 0.745. The van der Waals surface area contributed by atoms with E-state index in [0.717, 1.165) is 25.0 Å². The third-order valence-electron chi connectivity index (χ3n) is 3.67. The standard InChI is InChI=1S/C12H20N2O2S/c1-8(15)5-3-4-6-10-11-9(7-17-10)14(2)12(16)13-11/h9-11H,3-7H2,1-2H3,(H,13,16)/t9-,10-,11-/m0/s1. The Bertz CT molecular complexity index is 322. The molecular formula is C12H20N2O2S. The first kappa shape index (κ1) is 12.7. The number of nitrogens with one attached hydrogen (secondary N) is 1. The summed E-state index contributed by atoms with van der Waals surface area (Å²) >= 11 is 1.96. The molecule has 0 aromatic rings. The van der Waals surface area contributed by atoms with E-state index in [1.54, 1.807) is 6.92 Å². The number of carbonyl (C=O) groups is 2. The smallest absolute Gasteiger partial charge is 0.317 e. The van der Waals surface area contributed by atoms with E-state index in [4.69, 9.17) is 0 Å². The van der Waals surface area contributed by atoms with Crippen LogP contribution in [0.4, 0.5) is 4.79 Å². The highest BCUT2D eigenvalue weighted by molar-refractivity contribution is 8.00. The largest absolute Gasteiger partial charge is 0.332 e. The Kier molecular flexibility index (Phi) is 3.97. The lowest BCUT2D eigenvalue weighted by molar-refractivity contribution is -0.117. The lowest BCUT2D eigenvalue weighted by Gasteiger charge is -2.17. The van der Waals surface area contributed by atoms with Crippen LogP contribution in [0.3, 0.4) is 0 Å². The molecule has 0 spiro atoms. The van der Waals surface area contributed by atoms with Crippen LogP contribution in [-0.2, 0) is 4.79 Å². The molecule has 0 aromatic carbocycles. The number of amides is 2. The lowest BCUT2D eigenvalue weighted by atomic mass is 10.0. The van der Waals surface area contributed by atoms with Crippen molar-refractivity contribution in [1.82, 2.24) is 10.2 Å². The normalized spacial score (nSPS) is 31.5. The number of Topliss-reactive ketones (excluding diaryl/α,β-unsaturated/α-hetero) is 1. The minimum absolute atomic E-state index is 0.0639. The summed E-state index contributed by atoms with van der Waals surface area (Å²) in [5, 5.41) is 3.59. The number of thioether (sulfide) groups is 1. The third-order valence-corrected chi connectivity index (χ3v) is 5.16. The van der Waals surface area contributed by atoms with Gasteiger partial charge in [-0.15, -0.1) is 0 Å². The maximum Gasteiger partial charge on any atom is 0.317 e. The summed E-state index contributed by atoms with van der Waals surface area (Å²) in [6.45, 7) is 1.65. The molecule has 2 amide bonds. The fourth-order valence-electron chi connectivity index (χ4n) is 2.60. The van der Waals surface area contributed by atoms with Gasteiger partial charge in [0.2, 0.25) is 0 Å². The van der Waals surface area contributed by atoms with Gasteiger partial charge in [-0.05, 0) is 19.8 Å². The average Bonchev–Trinajstić information content (AvgIpc) is 2.77. The van der Waals surface area contributed by atoms with Crippen molar-refractivity contribution in [1.29, 1.82) is 0 Å². The Hall–Kier alpha value is -0.710. The van der Waals surface area contributed by atoms with Gasteiger partial charge in [0, 0.05) is 24.5 Å². The van der Waals surface area contributed by atoms with Gasteiger partial charge in [0.15, 0.2) is 0 Å². The Balaban J connectivity index is 1.76. The van der Waals surface area contributed by atoms with Crippen molar-refractivity contribution in [2.75, 3.05) is 12.8 Å². The number of unbranched alkanes of at least 4 members (excludes halogenated alkanes) is 1. The lowest BCUT2D eigenvalue weighted by Crippen LogP contribution is -2.37. The van der Waals surface area contributed by atoms with Crippen LogP contribution in [0.25, 0.3) is 0 Å². The fraction of sp³-hybridized carbons (Fsp3) is 0.833. The van der Waals surface area contributed by atoms with Crippen LogP contribution in [0, 0.1) is 0 Å². The molecule has 1 N–H and O–H groups in total. The monoisotopic (exact) mass is 256 g/mol. The molecule has 2 heterocycles. The van der Waals surface area contributed by atoms with Gasteiger partial charge in [-0.25, -0.2) is 4.79 Å². The molecule has 0 aliphatic carbocycles. The maximum atomic E-state index is 11.5. The van der Waals surface area contributed by atoms with Gasteiger partial charge >= 0.3 is 6.03 Å². The second kappa shape index (κ2) is 5.29. The molecule has 0 radical (unpaired) electrons. The molecule has 2 saturated heterocycles. The van der Waals surface area contributed by atoms with Crippen molar-refractivity contribution in [2.24, 2.45) is 0 Å². The molecule has 2 fully saturated rings. The van der Waals surface area contributed by atoms with Crippen molar-refractivity contribution in [3.8, 4) is 0 Å². The SMILES string of the molecule is CC(=O)CCCC[C@@H]1SC[C@H]2[C@@H]1NC(=O)N2C. The van der Waals surface area contributed by atoms with Crippen LogP contribution in [0.5, 0.6) is 0 Å². The number of hydrogen-bond donors (Lipinski definition) is 1. The number of ketones is 1. The van der Waals surface area contributed by atoms with Crippen LogP contribution in [0.2, 0.25) is 0 Å². The van der Waals surface area contributed by atoms with E-state index in [9.17, 15) is 9.59 Å². The van der Waals surface area contributed by atoms with Crippen molar-refractivity contribution in [3.05, 3.63) is 0 Å². The van der Waals surface area contributed by atoms with E-state index in [0.29, 0.717) is 23.8 Å². The predicted molar refractivity (Wildman–Crippen MR) is 69.3 cm³/mol. The second-order valence-electron chi connectivity index (χ2n) is 4.97. The van der Waals surface area contributed by atoms with E-state index in [1.165, 1.54) is 0 Å². The Morgan fingerprint density at radius 2 is 2.29 bits per heavy atom. The zero-order valence-corrected chi connectivity index (χ0v) is 11.3. The summed E-state index contributed by atoms with van der Waals surface area (Å²) in [5.41, 5.74) is 0. The van der Waals surface area contributed by atoms with E-state index in [2.05, 4.69) is 5.32 Å². The predicted octanol–water partition coefficient (Wildman–Crippen LogP) is 1.64. The highest BCUT2D eigenvalue weighted by atomic mass is 32.2. The molecule has 0 unspecified atom stereocenters. The average molecular weight is 256 g/mol. The molecule has 2 aliphatic heterocycles. The van der Waals surface area contributed by atoms with Crippen molar-refractivity contribution in [2.45, 2.75) is 49.9 Å². The maximum absolute atomic E-state index is 11.5. The molecule has 96 valence electrons. The van der Waals surface area contributed by atoms with Crippen molar-refractivity contribution >= 4 is 23.6 Å². The molecule has 4 nitrogen and oxygen atoms in total. The van der Waals surface area contributed by atoms with Gasteiger partial charge in [0.25, 0.3) is 0 Å². The molecule has 0 aromatic heterocycles. The highest BCUT2D eigenvalue weighted by Crippen LogP contribution is 2.36. The molecule has 2 aliphatic rings. The molecule has 2 rings (SSSR count). The summed E-state index contributed by atoms with van der Waals surface area (Å²) < 4.78 is 0. The molecular weight excluding hydrogens is 236 g/mol. The van der Waals surface area contributed by atoms with Gasteiger partial charge < -0.3 is 15.0 Å². The van der Waals surface area contributed by atoms with Crippen LogP contribution in [-0.4, -0.2) is 46.8 Å². The Morgan fingerprint density at radius 3 is 3.00 bits per heavy atom. The second-order valence-corrected chi connectivity index (χ2v) is 6.25. The van der Waals surface area contributed by atoms with Gasteiger partial charge in [0.1, 0.15) is 5.78 Å². The van der Waals surface area contributed by atoms with Crippen molar-refractivity contribution in [3.63, 3.8) is 0 Å². The summed E-state index contributed by atoms with van der Waals surface area (Å²) in [7, 11) is 1.87. The zero-order valence-electron chi connectivity index (χ0n) is 10.4. The van der Waals surface area contributed by atoms with Crippen molar-refractivity contribution < 1.29 is 9.59 Å². The third kappa shape index (κ3) is 2.76. The molecule has 3 atom stereocenters. The zero-order chi connectivity index (χ0) is 12.4. The van der Waals surface area contributed by atoms with Gasteiger partial charge in [-0.3, -0.25) is 0 Å². The molecule has 5 heteroatoms. The molecule has 0 bridgehead atoms. The first-order chi connectivity index (χ1) is 8.09. The van der Waals surface area contributed by atoms with Crippen LogP contribution in [0.1, 0.15) is 32.6 Å². The van der Waals surface area contributed by atoms with Gasteiger partial charge in [0.05, 0.1) is 12.1 Å². The number of likely N-dealkylation sites (N-methyl/N-ethyl adjacent to an activating group) is 1. The summed E-state index contributed by atoms with van der Waals surface area (Å²) in [4.78, 5) is 24.2. The topological polar surface area (TPSA) is 49.4 Å². The minimum Gasteiger partial charge on any atom is -0.332 e. The molecule has 0 saturated carbocycles. The Morgan fingerprint density at radius 1 is 1.53 bits per heavy atom. The number of fused-ring (bicyclic) bond motifs is 1. The summed E-state index contributed by atoms with van der Waals surface area (Å²) in [6.07, 6.45) is 3.86. The Labute approximate surface area is 106 Å². The molecule has 17 heavy (non-hydrogen) atoms. The van der Waals surface area contributed by atoms with Crippen LogP contribution >= 0.6 is 11.8 Å². The minimum atomic E-state index is 0.0639. The first-order valence-electron chi connectivity index (χ1n) is 6.24. The first-order valence-corrected chi connectivity index (χ1v) is 7.29. The summed E-state index contributed by atoms with van der Waals surface area (Å²) in [5.74, 6) is 1.31. The number of nitrogens with zero attached hydrogens (tertiary/aromatic N) is 1. The van der Waals surface area contributed by atoms with Crippen LogP contribution in [0.15, 0.2) is 0 Å².